The average Bonchev–Trinajstić information content (AvgIpc) is 1.57. The van der Waals surface area contributed by atoms with Crippen LogP contribution >= 0.6 is 0 Å². The molecule has 0 radical (unpaired) electrons. The van der Waals surface area contributed by atoms with E-state index in [9.17, 15) is 0 Å². The molecule has 0 saturated carbocycles. The van der Waals surface area contributed by atoms with Gasteiger partial charge in [-0.05, 0) is 200 Å². The molecule has 149 heavy (non-hydrogen) atoms. The molecule has 0 aliphatic heterocycles. The molecule has 4 aromatic heterocycles. The first-order chi connectivity index (χ1) is 73.3. The predicted molar refractivity (Wildman–Crippen MR) is 617 cm³/mol. The monoisotopic (exact) mass is 1900 g/mol. The molecule has 28 aromatic rings. The van der Waals surface area contributed by atoms with Crippen LogP contribution in [-0.2, 0) is 10.8 Å². The Kier molecular flexibility index (Phi) is 20.8. The Morgan fingerprint density at radius 3 is 0.785 bits per heavy atom. The number of para-hydroxylation sites is 1. The van der Waals surface area contributed by atoms with E-state index in [1.807, 2.05) is 91.0 Å². The second-order valence-electron chi connectivity index (χ2n) is 40.1. The van der Waals surface area contributed by atoms with Crippen LogP contribution in [0.1, 0.15) is 49.9 Å². The second kappa shape index (κ2) is 35.3. The average molecular weight is 1900 g/mol. The van der Waals surface area contributed by atoms with Crippen molar-refractivity contribution in [3.63, 3.8) is 0 Å². The first-order valence-corrected chi connectivity index (χ1v) is 50.8. The summed E-state index contributed by atoms with van der Waals surface area (Å²) in [5, 5.41) is 26.6. The van der Waals surface area contributed by atoms with Crippen LogP contribution in [-0.4, -0.2) is 44.9 Å². The Morgan fingerprint density at radius 1 is 0.154 bits per heavy atom. The maximum absolute atomic E-state index is 6.53. The molecule has 2 aliphatic carbocycles. The zero-order valence-corrected chi connectivity index (χ0v) is 82.0. The van der Waals surface area contributed by atoms with Crippen LogP contribution in [0.15, 0.2) is 484 Å². The van der Waals surface area contributed by atoms with Crippen molar-refractivity contribution in [1.82, 2.24) is 44.9 Å². The molecule has 698 valence electrons. The van der Waals surface area contributed by atoms with Crippen LogP contribution in [0.25, 0.3) is 277 Å². The lowest BCUT2D eigenvalue weighted by atomic mass is 9.81. The third-order valence-corrected chi connectivity index (χ3v) is 30.7. The molecule has 0 saturated heterocycles. The first kappa shape index (κ1) is 87.5. The highest BCUT2D eigenvalue weighted by Gasteiger charge is 2.39. The summed E-state index contributed by atoms with van der Waals surface area (Å²) in [4.78, 5) is 45.3. The molecular formula is C139H91N9O. The molecule has 10 heteroatoms. The minimum atomic E-state index is -0.0608. The predicted octanol–water partition coefficient (Wildman–Crippen LogP) is 36.0. The Morgan fingerprint density at radius 2 is 0.396 bits per heavy atom. The van der Waals surface area contributed by atoms with Gasteiger partial charge in [-0.25, -0.2) is 44.9 Å². The highest BCUT2D eigenvalue weighted by atomic mass is 16.3. The van der Waals surface area contributed by atoms with Crippen molar-refractivity contribution in [3.8, 4) is 147 Å². The fourth-order valence-corrected chi connectivity index (χ4v) is 23.2. The summed E-state index contributed by atoms with van der Waals surface area (Å²) in [5.41, 5.74) is 25.9. The van der Waals surface area contributed by atoms with E-state index < -0.39 is 0 Å². The highest BCUT2D eigenvalue weighted by Crippen LogP contribution is 2.56. The van der Waals surface area contributed by atoms with Gasteiger partial charge in [-0.3, -0.25) is 0 Å². The summed E-state index contributed by atoms with van der Waals surface area (Å²) in [5.74, 6) is 5.87. The molecule has 0 amide bonds. The van der Waals surface area contributed by atoms with Crippen LogP contribution in [0.5, 0.6) is 0 Å². The SMILES string of the molecule is CC1(C)c2ccccc2-c2c1ccc1ccc3ccc4cc(-c5nc(-c6ccccc6)nc(-c6ccc(-c7ccccc7)cc6)n5)ccc4c3c21.CC1(C)c2ccccc2-c2c1ccc1ccc3ccc4cc(-c5nc(-c6ccccc6)nc(-c6ccc7ccccc7c6)n5)ccc4c3c21.c1ccc(-c2ccc(-c3nc(-c4ccccc4)nc(-c4ccc5c(ccc6ccc7ccc8c9ccccc9oc8c7c65)c4)n3)cc2)cc1. The summed E-state index contributed by atoms with van der Waals surface area (Å²) >= 11 is 0. The van der Waals surface area contributed by atoms with E-state index in [1.54, 1.807) is 0 Å². The fourth-order valence-electron chi connectivity index (χ4n) is 23.2. The third kappa shape index (κ3) is 15.1. The molecule has 0 unspecified atom stereocenters. The van der Waals surface area contributed by atoms with E-state index in [1.165, 1.54) is 126 Å². The van der Waals surface area contributed by atoms with E-state index >= 15 is 0 Å². The third-order valence-electron chi connectivity index (χ3n) is 30.7. The van der Waals surface area contributed by atoms with Gasteiger partial charge < -0.3 is 4.42 Å². The lowest BCUT2D eigenvalue weighted by molar-refractivity contribution is 0.660. The zero-order valence-electron chi connectivity index (χ0n) is 82.0. The highest BCUT2D eigenvalue weighted by molar-refractivity contribution is 6.30. The molecular weight excluding hydrogens is 1810 g/mol. The summed E-state index contributed by atoms with van der Waals surface area (Å²) in [6.07, 6.45) is 0. The van der Waals surface area contributed by atoms with Gasteiger partial charge in [0.1, 0.15) is 11.2 Å². The number of benzene rings is 24. The molecule has 0 atom stereocenters. The summed E-state index contributed by atoms with van der Waals surface area (Å²) in [7, 11) is 0. The molecule has 0 N–H and O–H groups in total. The quantitative estimate of drug-likeness (QED) is 0.115. The topological polar surface area (TPSA) is 129 Å². The summed E-state index contributed by atoms with van der Waals surface area (Å²) < 4.78 is 6.53. The molecule has 0 fully saturated rings. The van der Waals surface area contributed by atoms with Crippen LogP contribution < -0.4 is 0 Å². The van der Waals surface area contributed by atoms with Crippen LogP contribution in [0, 0.1) is 0 Å². The normalized spacial score (nSPS) is 12.7. The largest absolute Gasteiger partial charge is 0.455 e. The fraction of sp³-hybridized carbons (Fsp3) is 0.0432. The van der Waals surface area contributed by atoms with Crippen molar-refractivity contribution >= 4 is 130 Å². The van der Waals surface area contributed by atoms with Crippen LogP contribution in [0.2, 0.25) is 0 Å². The van der Waals surface area contributed by atoms with Gasteiger partial charge in [-0.15, -0.1) is 0 Å². The van der Waals surface area contributed by atoms with E-state index in [4.69, 9.17) is 49.3 Å². The molecule has 30 rings (SSSR count). The number of hydrogen-bond donors (Lipinski definition) is 0. The number of aromatic nitrogens is 9. The van der Waals surface area contributed by atoms with E-state index in [0.717, 1.165) is 121 Å². The van der Waals surface area contributed by atoms with Crippen LogP contribution in [0.3, 0.4) is 0 Å². The molecule has 10 nitrogen and oxygen atoms in total. The maximum Gasteiger partial charge on any atom is 0.164 e. The number of nitrogens with zero attached hydrogens (tertiary/aromatic N) is 9. The smallest absolute Gasteiger partial charge is 0.164 e. The van der Waals surface area contributed by atoms with E-state index in [0.29, 0.717) is 52.4 Å². The van der Waals surface area contributed by atoms with Crippen LogP contribution in [0.4, 0.5) is 0 Å². The van der Waals surface area contributed by atoms with E-state index in [2.05, 4.69) is 416 Å². The van der Waals surface area contributed by atoms with E-state index in [-0.39, 0.29) is 10.8 Å². The molecule has 4 heterocycles. The van der Waals surface area contributed by atoms with Crippen molar-refractivity contribution in [2.24, 2.45) is 0 Å². The number of hydrogen-bond acceptors (Lipinski definition) is 10. The van der Waals surface area contributed by atoms with Gasteiger partial charge in [-0.2, -0.15) is 0 Å². The molecule has 24 aromatic carbocycles. The Labute approximate surface area is 859 Å². The van der Waals surface area contributed by atoms with Gasteiger partial charge in [-0.1, -0.05) is 471 Å². The number of fused-ring (bicyclic) bond motifs is 28. The van der Waals surface area contributed by atoms with Gasteiger partial charge >= 0.3 is 0 Å². The second-order valence-corrected chi connectivity index (χ2v) is 40.1. The maximum atomic E-state index is 6.53. The van der Waals surface area contributed by atoms with Crippen molar-refractivity contribution < 1.29 is 4.42 Å². The first-order valence-electron chi connectivity index (χ1n) is 50.8. The van der Waals surface area contributed by atoms with Crippen molar-refractivity contribution in [2.75, 3.05) is 0 Å². The van der Waals surface area contributed by atoms with Gasteiger partial charge in [0, 0.05) is 82.4 Å². The van der Waals surface area contributed by atoms with Gasteiger partial charge in [0.25, 0.3) is 0 Å². The van der Waals surface area contributed by atoms with Crippen molar-refractivity contribution in [3.05, 3.63) is 501 Å². The number of furan rings is 1. The lowest BCUT2D eigenvalue weighted by Crippen LogP contribution is -2.14. The standard InChI is InChI=1S/C48H33N3.C46H31N3.C45H27N3O/c1-48(2)40-16-10-9-15-39(40)44-41(48)28-26-33-20-19-32-21-24-36-29-37(25-27-38(36)42(32)43(33)44)47-50-45(34-13-7-4-8-14-34)49-46(51-47)35-22-17-31(18-23-35)30-11-5-3-6-12-30;1-46(2)38-15-9-8-14-37(38)42-39(46)25-23-30-18-17-29-19-20-33-27-35(22-24-36(33)40(29)41(30)42)45-48-43(31-11-4-3-5-12-31)47-44(49-45)34-21-16-28-10-6-7-13-32(28)26-34;1-3-9-28(10-4-1)29-15-20-33(21-16-29)44-46-43(32-11-5-2-6-12-32)47-45(48-44)35-24-25-36-34(27-35)22-19-30-17-18-31-23-26-38-37-13-7-8-14-39(37)49-42(38)41(31)40(30)36/h3-29H,1-2H3;3-27H,1-2H3;1-27H. The minimum Gasteiger partial charge on any atom is -0.455 e. The molecule has 0 bridgehead atoms. The summed E-state index contributed by atoms with van der Waals surface area (Å²) in [6, 6.07) is 169. The number of rotatable bonds is 11. The lowest BCUT2D eigenvalue weighted by Gasteiger charge is -2.21. The Balaban J connectivity index is 0.000000108. The van der Waals surface area contributed by atoms with Crippen molar-refractivity contribution in [2.45, 2.75) is 38.5 Å². The van der Waals surface area contributed by atoms with Gasteiger partial charge in [0.2, 0.25) is 0 Å². The Hall–Kier alpha value is -19.3. The van der Waals surface area contributed by atoms with Crippen molar-refractivity contribution in [1.29, 1.82) is 0 Å². The zero-order chi connectivity index (χ0) is 99.1. The molecule has 0 spiro atoms. The Bertz CT molecular complexity index is 10300. The summed E-state index contributed by atoms with van der Waals surface area (Å²) in [6.45, 7) is 9.40. The van der Waals surface area contributed by atoms with Gasteiger partial charge in [0.05, 0.1) is 0 Å². The minimum absolute atomic E-state index is 0.0576. The molecule has 2 aliphatic rings. The van der Waals surface area contributed by atoms with Gasteiger partial charge in [0.15, 0.2) is 52.4 Å².